The summed E-state index contributed by atoms with van der Waals surface area (Å²) in [7, 11) is 0. The predicted molar refractivity (Wildman–Crippen MR) is 118 cm³/mol. The molecule has 5 heteroatoms. The molecule has 0 saturated carbocycles. The number of benzene rings is 2. The van der Waals surface area contributed by atoms with Crippen LogP contribution in [-0.2, 0) is 6.54 Å². The fraction of sp³-hybridized carbons (Fsp3) is 0.304. The van der Waals surface area contributed by atoms with Crippen LogP contribution in [0.15, 0.2) is 54.6 Å². The summed E-state index contributed by atoms with van der Waals surface area (Å²) in [5.41, 5.74) is 4.27. The minimum absolute atomic E-state index is 0.714. The quantitative estimate of drug-likeness (QED) is 0.466. The summed E-state index contributed by atoms with van der Waals surface area (Å²) >= 11 is 5.67. The highest BCUT2D eigenvalue weighted by Gasteiger charge is 2.19. The molecule has 2 aromatic carbocycles. The van der Waals surface area contributed by atoms with E-state index in [9.17, 15) is 0 Å². The first-order valence-electron chi connectivity index (χ1n) is 10.1. The molecule has 2 N–H and O–H groups in total. The lowest BCUT2D eigenvalue weighted by Gasteiger charge is -2.23. The van der Waals surface area contributed by atoms with Crippen LogP contribution in [-0.4, -0.2) is 27.6 Å². The second kappa shape index (κ2) is 7.49. The molecule has 4 nitrogen and oxygen atoms in total. The van der Waals surface area contributed by atoms with Gasteiger partial charge in [0.2, 0.25) is 0 Å². The standard InChI is InChI=1S/C23H24N4S/c28-23-20-21(18-8-4-5-9-19(18)25-23)27(15-12-16-10-13-24-14-11-16)22(26-20)17-6-2-1-3-7-17/h1-9,16,24H,10-15H2,(H,25,28). The van der Waals surface area contributed by atoms with E-state index < -0.39 is 0 Å². The lowest BCUT2D eigenvalue weighted by Crippen LogP contribution is -2.28. The fourth-order valence-corrected chi connectivity index (χ4v) is 4.62. The number of H-pyrrole nitrogens is 1. The third-order valence-electron chi connectivity index (χ3n) is 5.86. The van der Waals surface area contributed by atoms with E-state index in [1.54, 1.807) is 0 Å². The minimum atomic E-state index is 0.714. The van der Waals surface area contributed by atoms with Gasteiger partial charge in [0.25, 0.3) is 0 Å². The van der Waals surface area contributed by atoms with Crippen molar-refractivity contribution in [3.63, 3.8) is 0 Å². The molecule has 0 amide bonds. The summed E-state index contributed by atoms with van der Waals surface area (Å²) in [5.74, 6) is 1.78. The lowest BCUT2D eigenvalue weighted by atomic mass is 9.94. The van der Waals surface area contributed by atoms with Crippen LogP contribution in [0.2, 0.25) is 0 Å². The van der Waals surface area contributed by atoms with E-state index in [-0.39, 0.29) is 0 Å². The molecule has 0 atom stereocenters. The van der Waals surface area contributed by atoms with E-state index in [4.69, 9.17) is 17.2 Å². The zero-order valence-electron chi connectivity index (χ0n) is 15.8. The molecule has 5 rings (SSSR count). The highest BCUT2D eigenvalue weighted by Crippen LogP contribution is 2.31. The molecule has 0 unspecified atom stereocenters. The Morgan fingerprint density at radius 1 is 1.00 bits per heavy atom. The summed E-state index contributed by atoms with van der Waals surface area (Å²) in [4.78, 5) is 8.37. The van der Waals surface area contributed by atoms with Crippen molar-refractivity contribution in [2.24, 2.45) is 5.92 Å². The van der Waals surface area contributed by atoms with Gasteiger partial charge in [-0.15, -0.1) is 0 Å². The van der Waals surface area contributed by atoms with Gasteiger partial charge in [-0.25, -0.2) is 4.98 Å². The third-order valence-corrected chi connectivity index (χ3v) is 6.16. The van der Waals surface area contributed by atoms with Gasteiger partial charge in [0, 0.05) is 23.0 Å². The highest BCUT2D eigenvalue weighted by molar-refractivity contribution is 7.71. The average molecular weight is 389 g/mol. The molecular formula is C23H24N4S. The number of hydrogen-bond acceptors (Lipinski definition) is 3. The number of fused-ring (bicyclic) bond motifs is 3. The first-order chi connectivity index (χ1) is 13.8. The van der Waals surface area contributed by atoms with Crippen LogP contribution < -0.4 is 5.32 Å². The number of pyridine rings is 1. The van der Waals surface area contributed by atoms with Crippen LogP contribution in [0.4, 0.5) is 0 Å². The van der Waals surface area contributed by atoms with Crippen LogP contribution in [0.5, 0.6) is 0 Å². The van der Waals surface area contributed by atoms with E-state index in [2.05, 4.69) is 57.3 Å². The second-order valence-corrected chi connectivity index (χ2v) is 8.04. The average Bonchev–Trinajstić information content (AvgIpc) is 3.14. The van der Waals surface area contributed by atoms with E-state index in [0.717, 1.165) is 53.5 Å². The number of piperidine rings is 1. The van der Waals surface area contributed by atoms with Gasteiger partial charge in [0.1, 0.15) is 16.0 Å². The molecule has 1 fully saturated rings. The molecule has 1 saturated heterocycles. The fourth-order valence-electron chi connectivity index (χ4n) is 4.37. The number of nitrogens with one attached hydrogen (secondary N) is 2. The van der Waals surface area contributed by atoms with Gasteiger partial charge >= 0.3 is 0 Å². The van der Waals surface area contributed by atoms with Gasteiger partial charge in [-0.3, -0.25) is 0 Å². The lowest BCUT2D eigenvalue weighted by molar-refractivity contribution is 0.340. The van der Waals surface area contributed by atoms with E-state index in [1.807, 2.05) is 12.1 Å². The molecule has 2 aromatic heterocycles. The number of nitrogens with zero attached hydrogens (tertiary/aromatic N) is 2. The van der Waals surface area contributed by atoms with Gasteiger partial charge < -0.3 is 14.9 Å². The van der Waals surface area contributed by atoms with Gasteiger partial charge in [0.05, 0.1) is 5.52 Å². The molecule has 0 bridgehead atoms. The Bertz CT molecular complexity index is 1170. The normalized spacial score (nSPS) is 15.4. The van der Waals surface area contributed by atoms with E-state index >= 15 is 0 Å². The molecule has 3 heterocycles. The zero-order valence-corrected chi connectivity index (χ0v) is 16.6. The van der Waals surface area contributed by atoms with Crippen molar-refractivity contribution >= 4 is 34.2 Å². The Morgan fingerprint density at radius 3 is 2.57 bits per heavy atom. The van der Waals surface area contributed by atoms with Gasteiger partial charge in [0.15, 0.2) is 0 Å². The Kier molecular flexibility index (Phi) is 4.71. The zero-order chi connectivity index (χ0) is 18.9. The Hall–Kier alpha value is -2.50. The van der Waals surface area contributed by atoms with Crippen LogP contribution in [0.25, 0.3) is 33.3 Å². The maximum Gasteiger partial charge on any atom is 0.141 e. The SMILES string of the molecule is S=c1[nH]c2ccccc2c2c1nc(-c1ccccc1)n2CCC1CCNCC1. The summed E-state index contributed by atoms with van der Waals surface area (Å²) in [5, 5.41) is 4.66. The summed E-state index contributed by atoms with van der Waals surface area (Å²) in [6, 6.07) is 18.9. The summed E-state index contributed by atoms with van der Waals surface area (Å²) in [6.07, 6.45) is 3.69. The Balaban J connectivity index is 1.70. The van der Waals surface area contributed by atoms with Crippen LogP contribution in [0.1, 0.15) is 19.3 Å². The van der Waals surface area contributed by atoms with Crippen molar-refractivity contribution < 1.29 is 0 Å². The largest absolute Gasteiger partial charge is 0.344 e. The Labute approximate surface area is 169 Å². The van der Waals surface area contributed by atoms with Crippen molar-refractivity contribution in [2.45, 2.75) is 25.8 Å². The first-order valence-corrected chi connectivity index (χ1v) is 10.5. The van der Waals surface area contributed by atoms with Crippen LogP contribution in [0.3, 0.4) is 0 Å². The molecule has 1 aliphatic rings. The van der Waals surface area contributed by atoms with Crippen molar-refractivity contribution in [3.8, 4) is 11.4 Å². The maximum absolute atomic E-state index is 5.67. The monoisotopic (exact) mass is 388 g/mol. The third kappa shape index (κ3) is 3.15. The number of aromatic nitrogens is 3. The summed E-state index contributed by atoms with van der Waals surface area (Å²) in [6.45, 7) is 3.23. The molecule has 0 aliphatic carbocycles. The molecule has 4 aromatic rings. The smallest absolute Gasteiger partial charge is 0.141 e. The maximum atomic E-state index is 5.67. The van der Waals surface area contributed by atoms with Crippen LogP contribution >= 0.6 is 12.2 Å². The number of aromatic amines is 1. The Morgan fingerprint density at radius 2 is 1.75 bits per heavy atom. The highest BCUT2D eigenvalue weighted by atomic mass is 32.1. The van der Waals surface area contributed by atoms with Crippen molar-refractivity contribution in [3.05, 3.63) is 59.2 Å². The first kappa shape index (κ1) is 17.6. The minimum Gasteiger partial charge on any atom is -0.344 e. The molecule has 142 valence electrons. The van der Waals surface area contributed by atoms with E-state index in [1.165, 1.54) is 24.6 Å². The topological polar surface area (TPSA) is 45.6 Å². The molecular weight excluding hydrogens is 364 g/mol. The number of aryl methyl sites for hydroxylation is 1. The van der Waals surface area contributed by atoms with E-state index in [0.29, 0.717) is 4.64 Å². The summed E-state index contributed by atoms with van der Waals surface area (Å²) < 4.78 is 3.12. The number of imidazole rings is 1. The predicted octanol–water partition coefficient (Wildman–Crippen LogP) is 5.30. The van der Waals surface area contributed by atoms with Gasteiger partial charge in [-0.2, -0.15) is 0 Å². The number of hydrogen-bond donors (Lipinski definition) is 2. The van der Waals surface area contributed by atoms with Crippen molar-refractivity contribution in [1.29, 1.82) is 0 Å². The molecule has 0 spiro atoms. The number of rotatable bonds is 4. The molecule has 0 radical (unpaired) electrons. The second-order valence-electron chi connectivity index (χ2n) is 7.63. The van der Waals surface area contributed by atoms with Gasteiger partial charge in [-0.1, -0.05) is 60.7 Å². The van der Waals surface area contributed by atoms with Gasteiger partial charge in [-0.05, 0) is 44.3 Å². The van der Waals surface area contributed by atoms with Crippen molar-refractivity contribution in [1.82, 2.24) is 19.9 Å². The number of para-hydroxylation sites is 1. The molecule has 28 heavy (non-hydrogen) atoms. The molecule has 1 aliphatic heterocycles. The van der Waals surface area contributed by atoms with Crippen LogP contribution in [0, 0.1) is 10.6 Å². The van der Waals surface area contributed by atoms with Crippen molar-refractivity contribution in [2.75, 3.05) is 13.1 Å².